The van der Waals surface area contributed by atoms with Gasteiger partial charge in [-0.3, -0.25) is 0 Å². The first-order chi connectivity index (χ1) is 8.08. The molecule has 0 aromatic rings. The lowest BCUT2D eigenvalue weighted by atomic mass is 9.84. The summed E-state index contributed by atoms with van der Waals surface area (Å²) in [5.41, 5.74) is 6.47. The second-order valence-corrected chi connectivity index (χ2v) is 4.42. The van der Waals surface area contributed by atoms with Gasteiger partial charge in [0, 0.05) is 5.41 Å². The van der Waals surface area contributed by atoms with Crippen molar-refractivity contribution < 1.29 is 0 Å². The Kier molecular flexibility index (Phi) is 7.87. The quantitative estimate of drug-likeness (QED) is 0.483. The summed E-state index contributed by atoms with van der Waals surface area (Å²) in [5, 5.41) is 0. The Morgan fingerprint density at radius 3 is 2.59 bits per heavy atom. The maximum Gasteiger partial charge on any atom is 0.00363 e. The minimum atomic E-state index is 0.00248. The number of hydrogen-bond donors (Lipinski definition) is 1. The van der Waals surface area contributed by atoms with Gasteiger partial charge in [0.25, 0.3) is 0 Å². The first kappa shape index (κ1) is 15.5. The van der Waals surface area contributed by atoms with E-state index < -0.39 is 0 Å². The Morgan fingerprint density at radius 2 is 2.06 bits per heavy atom. The normalized spacial score (nSPS) is 15.6. The zero-order chi connectivity index (χ0) is 13.1. The highest BCUT2D eigenvalue weighted by molar-refractivity contribution is 5.18. The zero-order valence-electron chi connectivity index (χ0n) is 11.2. The standard InChI is InChI=1S/C16H25N/c1-5-7-10-15(3)11-13-16(4,6-2)12-8-9-14-17/h6-10,12,14H,2-3,5,11,13,17H2,1,4H3/b10-7-,12-8-,14-9-. The molecule has 0 heterocycles. The van der Waals surface area contributed by atoms with Gasteiger partial charge in [-0.15, -0.1) is 6.58 Å². The lowest BCUT2D eigenvalue weighted by Gasteiger charge is -2.21. The second kappa shape index (κ2) is 8.63. The van der Waals surface area contributed by atoms with Gasteiger partial charge in [-0.2, -0.15) is 0 Å². The van der Waals surface area contributed by atoms with Crippen molar-refractivity contribution in [2.24, 2.45) is 11.1 Å². The molecule has 0 aliphatic heterocycles. The molecular weight excluding hydrogens is 206 g/mol. The van der Waals surface area contributed by atoms with E-state index in [0.717, 1.165) is 19.3 Å². The molecule has 2 N–H and O–H groups in total. The van der Waals surface area contributed by atoms with Crippen LogP contribution in [0.5, 0.6) is 0 Å². The average Bonchev–Trinajstić information content (AvgIpc) is 2.34. The summed E-state index contributed by atoms with van der Waals surface area (Å²) >= 11 is 0. The lowest BCUT2D eigenvalue weighted by molar-refractivity contribution is 0.503. The first-order valence-electron chi connectivity index (χ1n) is 6.12. The molecule has 0 fully saturated rings. The summed E-state index contributed by atoms with van der Waals surface area (Å²) in [6.45, 7) is 12.2. The number of nitrogens with two attached hydrogens (primary N) is 1. The van der Waals surface area contributed by atoms with E-state index in [9.17, 15) is 0 Å². The van der Waals surface area contributed by atoms with Crippen LogP contribution in [0.1, 0.15) is 33.1 Å². The molecule has 0 saturated heterocycles. The molecule has 0 aromatic heterocycles. The highest BCUT2D eigenvalue weighted by Crippen LogP contribution is 2.28. The molecule has 0 aliphatic carbocycles. The van der Waals surface area contributed by atoms with Gasteiger partial charge in [-0.1, -0.05) is 56.4 Å². The molecule has 0 saturated carbocycles. The highest BCUT2D eigenvalue weighted by Gasteiger charge is 2.15. The third kappa shape index (κ3) is 7.40. The van der Waals surface area contributed by atoms with E-state index in [-0.39, 0.29) is 5.41 Å². The van der Waals surface area contributed by atoms with Crippen molar-refractivity contribution in [2.45, 2.75) is 33.1 Å². The molecule has 0 amide bonds. The van der Waals surface area contributed by atoms with Crippen molar-refractivity contribution in [3.63, 3.8) is 0 Å². The van der Waals surface area contributed by atoms with Crippen LogP contribution in [0.25, 0.3) is 0 Å². The van der Waals surface area contributed by atoms with E-state index in [4.69, 9.17) is 5.73 Å². The van der Waals surface area contributed by atoms with Crippen molar-refractivity contribution >= 4 is 0 Å². The van der Waals surface area contributed by atoms with E-state index in [0.29, 0.717) is 0 Å². The average molecular weight is 231 g/mol. The minimum absolute atomic E-state index is 0.00248. The van der Waals surface area contributed by atoms with Crippen molar-refractivity contribution in [1.82, 2.24) is 0 Å². The Labute approximate surface area is 106 Å². The third-order valence-corrected chi connectivity index (χ3v) is 2.74. The summed E-state index contributed by atoms with van der Waals surface area (Å²) < 4.78 is 0. The van der Waals surface area contributed by atoms with Gasteiger partial charge in [0.2, 0.25) is 0 Å². The SMILES string of the molecule is C=CC(C)(/C=C\C=C/N)CCC(=C)/C=C\CC. The molecule has 0 radical (unpaired) electrons. The van der Waals surface area contributed by atoms with Gasteiger partial charge in [0.1, 0.15) is 0 Å². The minimum Gasteiger partial charge on any atom is -0.405 e. The topological polar surface area (TPSA) is 26.0 Å². The van der Waals surface area contributed by atoms with Gasteiger partial charge in [-0.25, -0.2) is 0 Å². The number of hydrogen-bond acceptors (Lipinski definition) is 1. The van der Waals surface area contributed by atoms with Crippen molar-refractivity contribution in [3.8, 4) is 0 Å². The monoisotopic (exact) mass is 231 g/mol. The molecule has 1 atom stereocenters. The number of allylic oxidation sites excluding steroid dienone is 7. The first-order valence-corrected chi connectivity index (χ1v) is 6.12. The summed E-state index contributed by atoms with van der Waals surface area (Å²) in [6, 6.07) is 0. The Balaban J connectivity index is 4.34. The third-order valence-electron chi connectivity index (χ3n) is 2.74. The summed E-state index contributed by atoms with van der Waals surface area (Å²) in [6.07, 6.45) is 16.7. The Morgan fingerprint density at radius 1 is 1.35 bits per heavy atom. The summed E-state index contributed by atoms with van der Waals surface area (Å²) in [4.78, 5) is 0. The molecule has 1 unspecified atom stereocenters. The molecule has 0 rings (SSSR count). The highest BCUT2D eigenvalue weighted by atomic mass is 14.5. The van der Waals surface area contributed by atoms with E-state index in [2.05, 4.69) is 45.2 Å². The molecule has 0 spiro atoms. The van der Waals surface area contributed by atoms with E-state index in [1.165, 1.54) is 11.8 Å². The molecular formula is C16H25N. The van der Waals surface area contributed by atoms with Gasteiger partial charge in [0.05, 0.1) is 0 Å². The fraction of sp³-hybridized carbons (Fsp3) is 0.375. The van der Waals surface area contributed by atoms with Crippen LogP contribution < -0.4 is 5.73 Å². The Bertz CT molecular complexity index is 320. The van der Waals surface area contributed by atoms with Crippen LogP contribution in [-0.4, -0.2) is 0 Å². The van der Waals surface area contributed by atoms with Crippen LogP contribution >= 0.6 is 0 Å². The number of rotatable bonds is 8. The van der Waals surface area contributed by atoms with Crippen LogP contribution in [0.2, 0.25) is 0 Å². The zero-order valence-corrected chi connectivity index (χ0v) is 11.2. The second-order valence-electron chi connectivity index (χ2n) is 4.42. The predicted octanol–water partition coefficient (Wildman–Crippen LogP) is 4.51. The molecule has 0 aromatic carbocycles. The molecule has 0 bridgehead atoms. The molecule has 1 heteroatoms. The van der Waals surface area contributed by atoms with Crippen LogP contribution in [-0.2, 0) is 0 Å². The molecule has 17 heavy (non-hydrogen) atoms. The summed E-state index contributed by atoms with van der Waals surface area (Å²) in [5.74, 6) is 0. The predicted molar refractivity (Wildman–Crippen MR) is 78.6 cm³/mol. The maximum atomic E-state index is 5.30. The van der Waals surface area contributed by atoms with E-state index in [1.54, 1.807) is 0 Å². The van der Waals surface area contributed by atoms with E-state index >= 15 is 0 Å². The summed E-state index contributed by atoms with van der Waals surface area (Å²) in [7, 11) is 0. The van der Waals surface area contributed by atoms with Crippen molar-refractivity contribution in [1.29, 1.82) is 0 Å². The van der Waals surface area contributed by atoms with Crippen molar-refractivity contribution in [3.05, 3.63) is 61.4 Å². The van der Waals surface area contributed by atoms with Gasteiger partial charge in [0.15, 0.2) is 0 Å². The van der Waals surface area contributed by atoms with Gasteiger partial charge >= 0.3 is 0 Å². The Hall–Kier alpha value is -1.50. The van der Waals surface area contributed by atoms with Crippen molar-refractivity contribution in [2.75, 3.05) is 0 Å². The van der Waals surface area contributed by atoms with Crippen LogP contribution in [0.3, 0.4) is 0 Å². The van der Waals surface area contributed by atoms with Gasteiger partial charge in [-0.05, 0) is 31.5 Å². The lowest BCUT2D eigenvalue weighted by Crippen LogP contribution is -2.08. The van der Waals surface area contributed by atoms with Crippen LogP contribution in [0.4, 0.5) is 0 Å². The van der Waals surface area contributed by atoms with Gasteiger partial charge < -0.3 is 5.73 Å². The maximum absolute atomic E-state index is 5.30. The van der Waals surface area contributed by atoms with Crippen LogP contribution in [0.15, 0.2) is 61.4 Å². The molecule has 1 nitrogen and oxygen atoms in total. The van der Waals surface area contributed by atoms with Crippen LogP contribution in [0, 0.1) is 5.41 Å². The largest absolute Gasteiger partial charge is 0.405 e. The van der Waals surface area contributed by atoms with E-state index in [1.807, 2.05) is 18.2 Å². The fourth-order valence-corrected chi connectivity index (χ4v) is 1.39. The smallest absolute Gasteiger partial charge is 0.00363 e. The molecule has 0 aliphatic rings. The fourth-order valence-electron chi connectivity index (χ4n) is 1.39. The molecule has 94 valence electrons.